The van der Waals surface area contributed by atoms with Crippen LogP contribution in [0.4, 0.5) is 5.13 Å². The second-order valence-corrected chi connectivity index (χ2v) is 12.5. The number of ether oxygens (including phenoxy) is 2. The van der Waals surface area contributed by atoms with E-state index in [0.29, 0.717) is 31.6 Å². The van der Waals surface area contributed by atoms with E-state index < -0.39 is 17.7 Å². The molecule has 3 saturated heterocycles. The number of carbonyl (C=O) groups is 3. The highest BCUT2D eigenvalue weighted by Gasteiger charge is 2.56. The first-order valence-corrected chi connectivity index (χ1v) is 15.7. The van der Waals surface area contributed by atoms with Crippen LogP contribution in [-0.2, 0) is 19.1 Å². The summed E-state index contributed by atoms with van der Waals surface area (Å²) in [6, 6.07) is 6.78. The van der Waals surface area contributed by atoms with Gasteiger partial charge in [-0.15, -0.1) is 11.3 Å². The smallest absolute Gasteiger partial charge is 0.252 e. The zero-order chi connectivity index (χ0) is 28.6. The van der Waals surface area contributed by atoms with Crippen LogP contribution < -0.4 is 10.2 Å². The summed E-state index contributed by atoms with van der Waals surface area (Å²) in [6.45, 7) is 6.64. The minimum absolute atomic E-state index is 0.00967. The molecule has 1 N–H and O–H groups in total. The van der Waals surface area contributed by atoms with Crippen LogP contribution in [0.5, 0.6) is 0 Å². The molecule has 1 aromatic heterocycles. The van der Waals surface area contributed by atoms with Crippen molar-refractivity contribution in [3.05, 3.63) is 35.2 Å². The Bertz CT molecular complexity index is 1270. The second-order valence-electron chi connectivity index (χ2n) is 11.6. The van der Waals surface area contributed by atoms with Gasteiger partial charge in [-0.1, -0.05) is 31.4 Å². The predicted octanol–water partition coefficient (Wildman–Crippen LogP) is 2.58. The second kappa shape index (κ2) is 11.8. The summed E-state index contributed by atoms with van der Waals surface area (Å²) in [5.74, 6) is -0.581. The molecule has 2 amide bonds. The van der Waals surface area contributed by atoms with Crippen molar-refractivity contribution in [1.82, 2.24) is 20.1 Å². The van der Waals surface area contributed by atoms with E-state index in [1.807, 2.05) is 19.1 Å². The number of amides is 2. The van der Waals surface area contributed by atoms with Crippen LogP contribution in [-0.4, -0.2) is 109 Å². The average molecular weight is 582 g/mol. The number of rotatable bonds is 7. The van der Waals surface area contributed by atoms with E-state index in [4.69, 9.17) is 14.5 Å². The van der Waals surface area contributed by atoms with Crippen LogP contribution in [0.15, 0.2) is 29.6 Å². The first-order valence-electron chi connectivity index (χ1n) is 14.8. The first-order chi connectivity index (χ1) is 19.9. The number of piperazine rings is 1. The molecule has 11 heteroatoms. The molecule has 10 nitrogen and oxygen atoms in total. The monoisotopic (exact) mass is 581 g/mol. The Hall–Kier alpha value is -2.86. The van der Waals surface area contributed by atoms with Crippen LogP contribution >= 0.6 is 11.3 Å². The largest absolute Gasteiger partial charge is 0.374 e. The molecule has 1 saturated carbocycles. The van der Waals surface area contributed by atoms with Gasteiger partial charge >= 0.3 is 0 Å². The van der Waals surface area contributed by atoms with Crippen molar-refractivity contribution in [2.45, 2.75) is 62.8 Å². The van der Waals surface area contributed by atoms with Crippen molar-refractivity contribution in [3.63, 3.8) is 0 Å². The number of Topliss-reactive ketones (excluding diaryl/α,β-unsaturated/α-hetero) is 1. The lowest BCUT2D eigenvalue weighted by molar-refractivity contribution is -0.143. The number of hydrogen-bond donors (Lipinski definition) is 1. The SMILES string of the molecule is CCO[C@H]1CN(C(=O)C2(NC(=O)c3ccc(-c4csc(N5CCN(C)CC5)n4)cc3)CCCCC2)[C@@H]2C(=O)CO[C@H]12. The number of carbonyl (C=O) groups excluding carboxylic acids is 3. The van der Waals surface area contributed by atoms with Crippen LogP contribution in [0.1, 0.15) is 49.4 Å². The van der Waals surface area contributed by atoms with Gasteiger partial charge in [0.15, 0.2) is 10.9 Å². The summed E-state index contributed by atoms with van der Waals surface area (Å²) in [7, 11) is 2.14. The minimum Gasteiger partial charge on any atom is -0.374 e. The number of ketones is 1. The van der Waals surface area contributed by atoms with Gasteiger partial charge in [-0.3, -0.25) is 14.4 Å². The van der Waals surface area contributed by atoms with Crippen molar-refractivity contribution in [3.8, 4) is 11.3 Å². The standard InChI is InChI=1S/C30H39N5O5S/c1-3-39-24-17-35(25-23(36)18-40-26(24)25)28(38)30(11-5-4-6-12-30)32-27(37)21-9-7-20(8-10-21)22-19-41-29(31-22)34-15-13-33(2)14-16-34/h7-10,19,24-26H,3-6,11-18H2,1-2H3,(H,32,37)/t24-,25+,26+/m0/s1. The highest BCUT2D eigenvalue weighted by atomic mass is 32.1. The number of thiazole rings is 1. The van der Waals surface area contributed by atoms with Gasteiger partial charge in [-0.2, -0.15) is 0 Å². The highest BCUT2D eigenvalue weighted by Crippen LogP contribution is 2.36. The van der Waals surface area contributed by atoms with Crippen molar-refractivity contribution in [2.24, 2.45) is 0 Å². The minimum atomic E-state index is -1.05. The number of hydrogen-bond acceptors (Lipinski definition) is 9. The van der Waals surface area contributed by atoms with Crippen LogP contribution in [0.3, 0.4) is 0 Å². The van der Waals surface area contributed by atoms with Crippen molar-refractivity contribution >= 4 is 34.1 Å². The maximum Gasteiger partial charge on any atom is 0.252 e. The molecule has 3 atom stereocenters. The van der Waals surface area contributed by atoms with Gasteiger partial charge in [-0.25, -0.2) is 4.98 Å². The third-order valence-corrected chi connectivity index (χ3v) is 9.86. The molecular formula is C30H39N5O5S. The summed E-state index contributed by atoms with van der Waals surface area (Å²) < 4.78 is 11.6. The fourth-order valence-electron chi connectivity index (χ4n) is 6.63. The molecule has 1 aromatic carbocycles. The van der Waals surface area contributed by atoms with E-state index >= 15 is 0 Å². The molecule has 3 aliphatic heterocycles. The van der Waals surface area contributed by atoms with E-state index in [1.165, 1.54) is 0 Å². The Balaban J connectivity index is 1.17. The maximum absolute atomic E-state index is 14.2. The summed E-state index contributed by atoms with van der Waals surface area (Å²) in [5.41, 5.74) is 1.29. The Morgan fingerprint density at radius 1 is 1.12 bits per heavy atom. The molecule has 0 spiro atoms. The van der Waals surface area contributed by atoms with Crippen molar-refractivity contribution in [2.75, 3.05) is 57.9 Å². The summed E-state index contributed by atoms with van der Waals surface area (Å²) >= 11 is 1.64. The van der Waals surface area contributed by atoms with Gasteiger partial charge in [0.25, 0.3) is 5.91 Å². The average Bonchev–Trinajstić information content (AvgIpc) is 3.72. The summed E-state index contributed by atoms with van der Waals surface area (Å²) in [4.78, 5) is 51.6. The number of aromatic nitrogens is 1. The zero-order valence-electron chi connectivity index (χ0n) is 23.8. The highest BCUT2D eigenvalue weighted by molar-refractivity contribution is 7.14. The Morgan fingerprint density at radius 3 is 2.56 bits per heavy atom. The van der Waals surface area contributed by atoms with Crippen LogP contribution in [0.25, 0.3) is 11.3 Å². The molecule has 6 rings (SSSR count). The lowest BCUT2D eigenvalue weighted by Gasteiger charge is -2.40. The van der Waals surface area contributed by atoms with E-state index in [2.05, 4.69) is 27.5 Å². The normalized spacial score (nSPS) is 26.3. The Morgan fingerprint density at radius 2 is 1.85 bits per heavy atom. The summed E-state index contributed by atoms with van der Waals surface area (Å²) in [5, 5.41) is 6.21. The number of nitrogens with zero attached hydrogens (tertiary/aromatic N) is 4. The Labute approximate surface area is 245 Å². The molecule has 0 radical (unpaired) electrons. The molecule has 220 valence electrons. The maximum atomic E-state index is 14.2. The number of benzene rings is 1. The number of likely N-dealkylation sites (N-methyl/N-ethyl adjacent to an activating group) is 1. The van der Waals surface area contributed by atoms with Crippen LogP contribution in [0.2, 0.25) is 0 Å². The predicted molar refractivity (Wildman–Crippen MR) is 156 cm³/mol. The van der Waals surface area contributed by atoms with E-state index in [9.17, 15) is 14.4 Å². The van der Waals surface area contributed by atoms with Gasteiger partial charge in [0.05, 0.1) is 12.2 Å². The fourth-order valence-corrected chi connectivity index (χ4v) is 7.51. The molecule has 41 heavy (non-hydrogen) atoms. The van der Waals surface area contributed by atoms with E-state index in [0.717, 1.165) is 61.8 Å². The number of likely N-dealkylation sites (tertiary alicyclic amines) is 1. The quantitative estimate of drug-likeness (QED) is 0.532. The molecule has 0 unspecified atom stereocenters. The molecule has 2 aromatic rings. The van der Waals surface area contributed by atoms with E-state index in [-0.39, 0.29) is 30.3 Å². The van der Waals surface area contributed by atoms with Crippen molar-refractivity contribution in [1.29, 1.82) is 0 Å². The first kappa shape index (κ1) is 28.3. The topological polar surface area (TPSA) is 104 Å². The summed E-state index contributed by atoms with van der Waals surface area (Å²) in [6.07, 6.45) is 3.00. The van der Waals surface area contributed by atoms with Crippen molar-refractivity contribution < 1.29 is 23.9 Å². The fraction of sp³-hybridized carbons (Fsp3) is 0.600. The molecular weight excluding hydrogens is 542 g/mol. The third-order valence-electron chi connectivity index (χ3n) is 8.96. The number of anilines is 1. The molecule has 0 bridgehead atoms. The van der Waals surface area contributed by atoms with Gasteiger partial charge in [0.2, 0.25) is 5.91 Å². The third kappa shape index (κ3) is 5.52. The number of nitrogens with one attached hydrogen (secondary N) is 1. The zero-order valence-corrected chi connectivity index (χ0v) is 24.7. The van der Waals surface area contributed by atoms with Crippen LogP contribution in [0, 0.1) is 0 Å². The van der Waals surface area contributed by atoms with Gasteiger partial charge in [0, 0.05) is 49.3 Å². The van der Waals surface area contributed by atoms with Gasteiger partial charge in [-0.05, 0) is 38.9 Å². The molecule has 4 heterocycles. The van der Waals surface area contributed by atoms with Gasteiger partial charge < -0.3 is 29.5 Å². The lowest BCUT2D eigenvalue weighted by Crippen LogP contribution is -2.62. The lowest BCUT2D eigenvalue weighted by atomic mass is 9.80. The molecule has 4 fully saturated rings. The molecule has 4 aliphatic rings. The molecule has 1 aliphatic carbocycles. The van der Waals surface area contributed by atoms with E-state index in [1.54, 1.807) is 28.4 Å². The number of fused-ring (bicyclic) bond motifs is 1. The Kier molecular flexibility index (Phi) is 8.13. The van der Waals surface area contributed by atoms with Gasteiger partial charge in [0.1, 0.15) is 30.4 Å².